The van der Waals surface area contributed by atoms with Gasteiger partial charge in [-0.1, -0.05) is 41.4 Å². The molecule has 27 heavy (non-hydrogen) atoms. The predicted molar refractivity (Wildman–Crippen MR) is 105 cm³/mol. The van der Waals surface area contributed by atoms with E-state index in [0.29, 0.717) is 16.3 Å². The minimum atomic E-state index is -0.515. The fourth-order valence-corrected chi connectivity index (χ4v) is 2.44. The van der Waals surface area contributed by atoms with Gasteiger partial charge in [-0.25, -0.2) is 0 Å². The molecule has 0 fully saturated rings. The molecule has 2 amide bonds. The van der Waals surface area contributed by atoms with Crippen LogP contribution in [0, 0.1) is 6.92 Å². The Kier molecular flexibility index (Phi) is 5.74. The fraction of sp³-hybridized carbons (Fsp3) is 0.0476. The smallest absolute Gasteiger partial charge is 0.291 e. The van der Waals surface area contributed by atoms with Gasteiger partial charge < -0.3 is 15.1 Å². The Morgan fingerprint density at radius 1 is 1.00 bits per heavy atom. The van der Waals surface area contributed by atoms with E-state index in [-0.39, 0.29) is 11.5 Å². The zero-order chi connectivity index (χ0) is 19.2. The van der Waals surface area contributed by atoms with Crippen molar-refractivity contribution in [1.29, 1.82) is 0 Å². The van der Waals surface area contributed by atoms with Crippen molar-refractivity contribution in [2.24, 2.45) is 0 Å². The van der Waals surface area contributed by atoms with Gasteiger partial charge in [-0.15, -0.1) is 0 Å². The summed E-state index contributed by atoms with van der Waals surface area (Å²) in [5.74, 6) is -0.854. The number of rotatable bonds is 5. The lowest BCUT2D eigenvalue weighted by atomic mass is 10.1. The Labute approximate surface area is 161 Å². The molecule has 0 saturated carbocycles. The molecule has 2 N–H and O–H groups in total. The third-order valence-electron chi connectivity index (χ3n) is 3.73. The Hall–Kier alpha value is -3.31. The Bertz CT molecular complexity index is 960. The maximum atomic E-state index is 12.7. The van der Waals surface area contributed by atoms with Crippen molar-refractivity contribution in [2.75, 3.05) is 5.32 Å². The monoisotopic (exact) mass is 380 g/mol. The van der Waals surface area contributed by atoms with Crippen molar-refractivity contribution in [1.82, 2.24) is 5.32 Å². The van der Waals surface area contributed by atoms with E-state index in [1.165, 1.54) is 12.3 Å². The maximum Gasteiger partial charge on any atom is 0.291 e. The molecule has 0 radical (unpaired) electrons. The van der Waals surface area contributed by atoms with Gasteiger partial charge in [0.15, 0.2) is 5.76 Å². The number of nitrogens with one attached hydrogen (secondary N) is 2. The van der Waals surface area contributed by atoms with E-state index >= 15 is 0 Å². The molecule has 2 aromatic carbocycles. The van der Waals surface area contributed by atoms with Crippen LogP contribution in [0.5, 0.6) is 0 Å². The van der Waals surface area contributed by atoms with Gasteiger partial charge in [0.2, 0.25) is 0 Å². The zero-order valence-electron chi connectivity index (χ0n) is 14.5. The van der Waals surface area contributed by atoms with E-state index in [9.17, 15) is 9.59 Å². The maximum absolute atomic E-state index is 12.7. The number of hydrogen-bond acceptors (Lipinski definition) is 3. The predicted octanol–water partition coefficient (Wildman–Crippen LogP) is 4.65. The van der Waals surface area contributed by atoms with Gasteiger partial charge in [0.1, 0.15) is 5.70 Å². The van der Waals surface area contributed by atoms with E-state index in [1.807, 2.05) is 19.1 Å². The number of anilines is 1. The lowest BCUT2D eigenvalue weighted by molar-refractivity contribution is -0.113. The molecule has 136 valence electrons. The van der Waals surface area contributed by atoms with Gasteiger partial charge in [0, 0.05) is 10.7 Å². The molecule has 0 saturated heterocycles. The Morgan fingerprint density at radius 2 is 1.70 bits per heavy atom. The Morgan fingerprint density at radius 3 is 2.33 bits per heavy atom. The first-order valence-electron chi connectivity index (χ1n) is 8.21. The van der Waals surface area contributed by atoms with Gasteiger partial charge >= 0.3 is 0 Å². The van der Waals surface area contributed by atoms with Gasteiger partial charge in [-0.2, -0.15) is 0 Å². The molecule has 0 atom stereocenters. The summed E-state index contributed by atoms with van der Waals surface area (Å²) >= 11 is 5.90. The number of benzene rings is 2. The number of halogens is 1. The summed E-state index contributed by atoms with van der Waals surface area (Å²) in [7, 11) is 0. The molecule has 0 spiro atoms. The minimum Gasteiger partial charge on any atom is -0.459 e. The first kappa shape index (κ1) is 18.5. The average Bonchev–Trinajstić information content (AvgIpc) is 3.19. The molecule has 1 heterocycles. The zero-order valence-corrected chi connectivity index (χ0v) is 15.3. The summed E-state index contributed by atoms with van der Waals surface area (Å²) in [6.45, 7) is 1.96. The van der Waals surface area contributed by atoms with Crippen LogP contribution in [0.25, 0.3) is 6.08 Å². The summed E-state index contributed by atoms with van der Waals surface area (Å²) in [4.78, 5) is 25.0. The molecular formula is C21H17ClN2O3. The first-order chi connectivity index (χ1) is 13.0. The van der Waals surface area contributed by atoms with Crippen molar-refractivity contribution in [3.05, 3.63) is 94.5 Å². The van der Waals surface area contributed by atoms with Gasteiger partial charge in [-0.05, 0) is 55.0 Å². The van der Waals surface area contributed by atoms with Crippen LogP contribution in [0.15, 0.2) is 77.0 Å². The van der Waals surface area contributed by atoms with Gasteiger partial charge in [-0.3, -0.25) is 9.59 Å². The van der Waals surface area contributed by atoms with Crippen LogP contribution in [-0.2, 0) is 4.79 Å². The molecule has 6 heteroatoms. The third kappa shape index (κ3) is 5.09. The molecule has 0 bridgehead atoms. The second-order valence-electron chi connectivity index (χ2n) is 5.86. The van der Waals surface area contributed by atoms with Crippen LogP contribution in [0.2, 0.25) is 5.02 Å². The van der Waals surface area contributed by atoms with Crippen LogP contribution in [0.4, 0.5) is 5.69 Å². The number of furan rings is 1. The van der Waals surface area contributed by atoms with Crippen LogP contribution in [-0.4, -0.2) is 11.8 Å². The highest BCUT2D eigenvalue weighted by molar-refractivity contribution is 6.30. The van der Waals surface area contributed by atoms with E-state index in [0.717, 1.165) is 5.56 Å². The van der Waals surface area contributed by atoms with Crippen LogP contribution >= 0.6 is 11.6 Å². The second-order valence-corrected chi connectivity index (χ2v) is 6.30. The van der Waals surface area contributed by atoms with Crippen molar-refractivity contribution < 1.29 is 14.0 Å². The van der Waals surface area contributed by atoms with Crippen molar-refractivity contribution in [2.45, 2.75) is 6.92 Å². The first-order valence-corrected chi connectivity index (χ1v) is 8.59. The van der Waals surface area contributed by atoms with Crippen molar-refractivity contribution in [3.8, 4) is 0 Å². The molecular weight excluding hydrogens is 364 g/mol. The van der Waals surface area contributed by atoms with E-state index < -0.39 is 11.8 Å². The normalized spacial score (nSPS) is 11.1. The minimum absolute atomic E-state index is 0.0827. The molecule has 0 aliphatic rings. The summed E-state index contributed by atoms with van der Waals surface area (Å²) in [5, 5.41) is 5.95. The third-order valence-corrected chi connectivity index (χ3v) is 3.98. The highest BCUT2D eigenvalue weighted by Crippen LogP contribution is 2.14. The molecule has 1 aromatic heterocycles. The molecule has 0 unspecified atom stereocenters. The van der Waals surface area contributed by atoms with Crippen molar-refractivity contribution in [3.63, 3.8) is 0 Å². The standard InChI is InChI=1S/C21H17ClN2O3/c1-14-4-10-17(11-5-14)23-20(25)18(13-15-6-8-16(22)9-7-15)24-21(26)19-3-2-12-27-19/h2-13H,1H3,(H,23,25)(H,24,26)/b18-13+. The quantitative estimate of drug-likeness (QED) is 0.633. The van der Waals surface area contributed by atoms with E-state index in [1.54, 1.807) is 48.5 Å². The lowest BCUT2D eigenvalue weighted by Gasteiger charge is -2.11. The van der Waals surface area contributed by atoms with Crippen LogP contribution in [0.3, 0.4) is 0 Å². The van der Waals surface area contributed by atoms with Crippen molar-refractivity contribution >= 4 is 35.2 Å². The highest BCUT2D eigenvalue weighted by atomic mass is 35.5. The summed E-state index contributed by atoms with van der Waals surface area (Å²) in [6, 6.07) is 17.4. The summed E-state index contributed by atoms with van der Waals surface area (Å²) < 4.78 is 5.08. The second kappa shape index (κ2) is 8.38. The SMILES string of the molecule is Cc1ccc(NC(=O)/C(=C\c2ccc(Cl)cc2)NC(=O)c2ccco2)cc1. The highest BCUT2D eigenvalue weighted by Gasteiger charge is 2.16. The Balaban J connectivity index is 1.85. The van der Waals surface area contributed by atoms with Crippen LogP contribution < -0.4 is 10.6 Å². The van der Waals surface area contributed by atoms with Gasteiger partial charge in [0.25, 0.3) is 11.8 Å². The summed E-state index contributed by atoms with van der Waals surface area (Å²) in [6.07, 6.45) is 2.96. The molecule has 5 nitrogen and oxygen atoms in total. The number of carbonyl (C=O) groups excluding carboxylic acids is 2. The molecule has 0 aliphatic carbocycles. The van der Waals surface area contributed by atoms with E-state index in [2.05, 4.69) is 10.6 Å². The molecule has 3 rings (SSSR count). The largest absolute Gasteiger partial charge is 0.459 e. The summed E-state index contributed by atoms with van der Waals surface area (Å²) in [5.41, 5.74) is 2.50. The molecule has 3 aromatic rings. The molecule has 0 aliphatic heterocycles. The number of carbonyl (C=O) groups is 2. The average molecular weight is 381 g/mol. The fourth-order valence-electron chi connectivity index (χ4n) is 2.31. The number of amides is 2. The lowest BCUT2D eigenvalue weighted by Crippen LogP contribution is -2.30. The topological polar surface area (TPSA) is 71.3 Å². The van der Waals surface area contributed by atoms with Gasteiger partial charge in [0.05, 0.1) is 6.26 Å². The van der Waals surface area contributed by atoms with E-state index in [4.69, 9.17) is 16.0 Å². The van der Waals surface area contributed by atoms with Crippen LogP contribution in [0.1, 0.15) is 21.7 Å². The number of aryl methyl sites for hydroxylation is 1. The number of hydrogen-bond donors (Lipinski definition) is 2.